The molecule has 0 bridgehead atoms. The van der Waals surface area contributed by atoms with E-state index in [1.54, 1.807) is 0 Å². The van der Waals surface area contributed by atoms with E-state index in [2.05, 4.69) is 31.0 Å². The summed E-state index contributed by atoms with van der Waals surface area (Å²) in [7, 11) is 0. The van der Waals surface area contributed by atoms with Gasteiger partial charge in [0.05, 0.1) is 0 Å². The van der Waals surface area contributed by atoms with Crippen molar-refractivity contribution in [2.75, 3.05) is 26.2 Å². The van der Waals surface area contributed by atoms with Crippen LogP contribution in [0.25, 0.3) is 0 Å². The Morgan fingerprint density at radius 2 is 1.94 bits per heavy atom. The lowest BCUT2D eigenvalue weighted by Gasteiger charge is -2.36. The van der Waals surface area contributed by atoms with E-state index < -0.39 is 0 Å². The first kappa shape index (κ1) is 13.4. The van der Waals surface area contributed by atoms with E-state index in [1.165, 1.54) is 51.9 Å². The predicted octanol–water partition coefficient (Wildman–Crippen LogP) is 2.74. The first-order chi connectivity index (χ1) is 8.16. The second-order valence-electron chi connectivity index (χ2n) is 6.62. The van der Waals surface area contributed by atoms with Gasteiger partial charge in [-0.2, -0.15) is 0 Å². The standard InChI is InChI=1S/C15H30N2/c1-12(2)14-5-4-7-17(8-6-14)15-9-13(3)10-16-11-15/h12-16H,4-11H2,1-3H3. The number of nitrogens with one attached hydrogen (secondary N) is 1. The maximum Gasteiger partial charge on any atom is 0.0223 e. The van der Waals surface area contributed by atoms with Crippen molar-refractivity contribution < 1.29 is 0 Å². The van der Waals surface area contributed by atoms with Crippen molar-refractivity contribution in [3.63, 3.8) is 0 Å². The molecule has 2 aliphatic rings. The Kier molecular flexibility index (Phi) is 4.87. The molecule has 17 heavy (non-hydrogen) atoms. The van der Waals surface area contributed by atoms with Gasteiger partial charge in [0.25, 0.3) is 0 Å². The van der Waals surface area contributed by atoms with Crippen LogP contribution < -0.4 is 5.32 Å². The van der Waals surface area contributed by atoms with Crippen LogP contribution in [0, 0.1) is 17.8 Å². The SMILES string of the molecule is CC1CNCC(N2CCCC(C(C)C)CC2)C1. The molecule has 1 N–H and O–H groups in total. The van der Waals surface area contributed by atoms with Gasteiger partial charge in [-0.3, -0.25) is 4.90 Å². The van der Waals surface area contributed by atoms with E-state index in [0.717, 1.165) is 23.8 Å². The van der Waals surface area contributed by atoms with E-state index in [-0.39, 0.29) is 0 Å². The van der Waals surface area contributed by atoms with Gasteiger partial charge in [0.15, 0.2) is 0 Å². The summed E-state index contributed by atoms with van der Waals surface area (Å²) in [6, 6.07) is 0.810. The molecule has 0 radical (unpaired) electrons. The van der Waals surface area contributed by atoms with Crippen molar-refractivity contribution in [1.82, 2.24) is 10.2 Å². The molecule has 2 rings (SSSR count). The average Bonchev–Trinajstić information content (AvgIpc) is 2.54. The van der Waals surface area contributed by atoms with E-state index in [1.807, 2.05) is 0 Å². The van der Waals surface area contributed by atoms with Crippen molar-refractivity contribution in [3.8, 4) is 0 Å². The molecule has 2 nitrogen and oxygen atoms in total. The smallest absolute Gasteiger partial charge is 0.0223 e. The summed E-state index contributed by atoms with van der Waals surface area (Å²) in [5.41, 5.74) is 0. The Balaban J connectivity index is 1.85. The van der Waals surface area contributed by atoms with Crippen LogP contribution in [0.4, 0.5) is 0 Å². The second kappa shape index (κ2) is 6.19. The fourth-order valence-electron chi connectivity index (χ4n) is 3.58. The van der Waals surface area contributed by atoms with Crippen molar-refractivity contribution in [1.29, 1.82) is 0 Å². The molecule has 3 unspecified atom stereocenters. The Morgan fingerprint density at radius 3 is 2.65 bits per heavy atom. The molecule has 2 heterocycles. The van der Waals surface area contributed by atoms with Crippen LogP contribution in [-0.4, -0.2) is 37.1 Å². The number of likely N-dealkylation sites (tertiary alicyclic amines) is 1. The van der Waals surface area contributed by atoms with Crippen molar-refractivity contribution >= 4 is 0 Å². The lowest BCUT2D eigenvalue weighted by Crippen LogP contribution is -2.48. The number of hydrogen-bond acceptors (Lipinski definition) is 2. The Labute approximate surface area is 107 Å². The van der Waals surface area contributed by atoms with Crippen molar-refractivity contribution in [2.45, 2.75) is 52.5 Å². The fraction of sp³-hybridized carbons (Fsp3) is 1.00. The van der Waals surface area contributed by atoms with E-state index in [9.17, 15) is 0 Å². The third-order valence-electron chi connectivity index (χ3n) is 4.81. The van der Waals surface area contributed by atoms with Gasteiger partial charge in [-0.1, -0.05) is 20.8 Å². The van der Waals surface area contributed by atoms with Crippen LogP contribution in [0.1, 0.15) is 46.5 Å². The van der Waals surface area contributed by atoms with Gasteiger partial charge < -0.3 is 5.32 Å². The first-order valence-corrected chi connectivity index (χ1v) is 7.61. The number of rotatable bonds is 2. The Morgan fingerprint density at radius 1 is 1.12 bits per heavy atom. The van der Waals surface area contributed by atoms with E-state index in [0.29, 0.717) is 0 Å². The molecular formula is C15H30N2. The van der Waals surface area contributed by atoms with Gasteiger partial charge in [-0.15, -0.1) is 0 Å². The molecule has 0 aromatic carbocycles. The third kappa shape index (κ3) is 3.69. The van der Waals surface area contributed by atoms with Crippen LogP contribution in [0.2, 0.25) is 0 Å². The third-order valence-corrected chi connectivity index (χ3v) is 4.81. The van der Waals surface area contributed by atoms with Gasteiger partial charge in [-0.25, -0.2) is 0 Å². The van der Waals surface area contributed by atoms with Gasteiger partial charge in [0, 0.05) is 12.6 Å². The zero-order valence-electron chi connectivity index (χ0n) is 11.9. The lowest BCUT2D eigenvalue weighted by molar-refractivity contribution is 0.147. The summed E-state index contributed by atoms with van der Waals surface area (Å²) in [5, 5.41) is 3.59. The van der Waals surface area contributed by atoms with E-state index >= 15 is 0 Å². The second-order valence-corrected chi connectivity index (χ2v) is 6.62. The average molecular weight is 238 g/mol. The molecule has 0 saturated carbocycles. The van der Waals surface area contributed by atoms with Crippen LogP contribution >= 0.6 is 0 Å². The minimum atomic E-state index is 0.810. The molecule has 0 aromatic heterocycles. The molecule has 2 saturated heterocycles. The first-order valence-electron chi connectivity index (χ1n) is 7.61. The highest BCUT2D eigenvalue weighted by Gasteiger charge is 2.27. The molecule has 3 atom stereocenters. The number of nitrogens with zero attached hydrogens (tertiary/aromatic N) is 1. The van der Waals surface area contributed by atoms with Crippen molar-refractivity contribution in [2.24, 2.45) is 17.8 Å². The molecule has 2 heteroatoms. The van der Waals surface area contributed by atoms with Crippen LogP contribution in [0.5, 0.6) is 0 Å². The van der Waals surface area contributed by atoms with Gasteiger partial charge in [0.1, 0.15) is 0 Å². The van der Waals surface area contributed by atoms with Crippen LogP contribution in [-0.2, 0) is 0 Å². The number of hydrogen-bond donors (Lipinski definition) is 1. The maximum absolute atomic E-state index is 3.59. The predicted molar refractivity (Wildman–Crippen MR) is 74.2 cm³/mol. The zero-order chi connectivity index (χ0) is 12.3. The summed E-state index contributed by atoms with van der Waals surface area (Å²) >= 11 is 0. The lowest BCUT2D eigenvalue weighted by atomic mass is 9.89. The fourth-order valence-corrected chi connectivity index (χ4v) is 3.58. The highest BCUT2D eigenvalue weighted by atomic mass is 15.2. The highest BCUT2D eigenvalue weighted by Crippen LogP contribution is 2.26. The molecule has 2 fully saturated rings. The summed E-state index contributed by atoms with van der Waals surface area (Å²) < 4.78 is 0. The monoisotopic (exact) mass is 238 g/mol. The Bertz CT molecular complexity index is 227. The van der Waals surface area contributed by atoms with E-state index in [4.69, 9.17) is 0 Å². The summed E-state index contributed by atoms with van der Waals surface area (Å²) in [5.74, 6) is 2.70. The summed E-state index contributed by atoms with van der Waals surface area (Å²) in [6.45, 7) is 12.3. The van der Waals surface area contributed by atoms with Gasteiger partial charge >= 0.3 is 0 Å². The topological polar surface area (TPSA) is 15.3 Å². The normalized spacial score (nSPS) is 37.1. The molecular weight excluding hydrogens is 208 g/mol. The molecule has 0 amide bonds. The minimum Gasteiger partial charge on any atom is -0.315 e. The molecule has 2 aliphatic heterocycles. The largest absolute Gasteiger partial charge is 0.315 e. The number of piperidine rings is 1. The van der Waals surface area contributed by atoms with Gasteiger partial charge in [0.2, 0.25) is 0 Å². The highest BCUT2D eigenvalue weighted by molar-refractivity contribution is 4.84. The molecule has 0 aliphatic carbocycles. The van der Waals surface area contributed by atoms with Crippen LogP contribution in [0.15, 0.2) is 0 Å². The zero-order valence-corrected chi connectivity index (χ0v) is 11.9. The summed E-state index contributed by atoms with van der Waals surface area (Å²) in [4.78, 5) is 2.77. The van der Waals surface area contributed by atoms with Crippen LogP contribution in [0.3, 0.4) is 0 Å². The quantitative estimate of drug-likeness (QED) is 0.796. The molecule has 0 spiro atoms. The van der Waals surface area contributed by atoms with Gasteiger partial charge in [-0.05, 0) is 63.1 Å². The van der Waals surface area contributed by atoms with Crippen molar-refractivity contribution in [3.05, 3.63) is 0 Å². The summed E-state index contributed by atoms with van der Waals surface area (Å²) in [6.07, 6.45) is 5.68. The molecule has 100 valence electrons. The Hall–Kier alpha value is -0.0800. The minimum absolute atomic E-state index is 0.810. The maximum atomic E-state index is 3.59. The molecule has 0 aromatic rings.